The smallest absolute Gasteiger partial charge is 0.253 e. The molecule has 2 heterocycles. The summed E-state index contributed by atoms with van der Waals surface area (Å²) in [5.41, 5.74) is 0. The van der Waals surface area contributed by atoms with E-state index in [9.17, 15) is 29.1 Å². The monoisotopic (exact) mass is 408 g/mol. The second-order valence-electron chi connectivity index (χ2n) is 6.28. The van der Waals surface area contributed by atoms with Gasteiger partial charge in [-0.2, -0.15) is 0 Å². The summed E-state index contributed by atoms with van der Waals surface area (Å²) < 4.78 is 5.29. The van der Waals surface area contributed by atoms with Crippen LogP contribution in [0.5, 0.6) is 0 Å². The van der Waals surface area contributed by atoms with Crippen molar-refractivity contribution >= 4 is 29.5 Å². The summed E-state index contributed by atoms with van der Waals surface area (Å²) in [6, 6.07) is 0. The van der Waals surface area contributed by atoms with Crippen LogP contribution in [-0.2, 0) is 28.7 Å². The van der Waals surface area contributed by atoms with Gasteiger partial charge in [0.2, 0.25) is 17.7 Å². The fourth-order valence-corrected chi connectivity index (χ4v) is 2.63. The van der Waals surface area contributed by atoms with Gasteiger partial charge in [0.15, 0.2) is 0 Å². The Kier molecular flexibility index (Phi) is 8.49. The van der Waals surface area contributed by atoms with E-state index in [2.05, 4.69) is 10.6 Å². The second kappa shape index (κ2) is 11.1. The number of imide groups is 1. The maximum Gasteiger partial charge on any atom is 0.253 e. The molecule has 0 aromatic heterocycles. The van der Waals surface area contributed by atoms with E-state index < -0.39 is 18.0 Å². The molecule has 0 bridgehead atoms. The number of rotatable bonds is 12. The van der Waals surface area contributed by atoms with Gasteiger partial charge in [0, 0.05) is 57.2 Å². The van der Waals surface area contributed by atoms with Crippen LogP contribution in [0.3, 0.4) is 0 Å². The second-order valence-corrected chi connectivity index (χ2v) is 6.28. The van der Waals surface area contributed by atoms with Crippen molar-refractivity contribution < 1.29 is 33.8 Å². The van der Waals surface area contributed by atoms with Crippen LogP contribution >= 0.6 is 0 Å². The number of carbonyl (C=O) groups excluding carboxylic acids is 5. The van der Waals surface area contributed by atoms with Crippen molar-refractivity contribution in [2.24, 2.45) is 0 Å². The molecule has 1 unspecified atom stereocenters. The number of nitrogens with zero attached hydrogens (tertiary/aromatic N) is 2. The average molecular weight is 408 g/mol. The summed E-state index contributed by atoms with van der Waals surface area (Å²) in [5, 5.41) is 14.8. The molecule has 2 rings (SSSR count). The number of ether oxygens (including phenoxy) is 1. The van der Waals surface area contributed by atoms with Gasteiger partial charge in [-0.15, -0.1) is 0 Å². The van der Waals surface area contributed by atoms with Gasteiger partial charge < -0.3 is 25.4 Å². The lowest BCUT2D eigenvalue weighted by Crippen LogP contribution is -2.37. The van der Waals surface area contributed by atoms with Crippen LogP contribution in [0.1, 0.15) is 12.8 Å². The zero-order valence-corrected chi connectivity index (χ0v) is 15.8. The van der Waals surface area contributed by atoms with E-state index in [0.29, 0.717) is 0 Å². The van der Waals surface area contributed by atoms with Gasteiger partial charge in [-0.1, -0.05) is 0 Å². The molecule has 11 heteroatoms. The van der Waals surface area contributed by atoms with Crippen molar-refractivity contribution in [2.75, 3.05) is 39.4 Å². The first-order valence-electron chi connectivity index (χ1n) is 9.20. The molecule has 0 radical (unpaired) electrons. The third kappa shape index (κ3) is 7.12. The Morgan fingerprint density at radius 1 is 0.897 bits per heavy atom. The number of carbonyl (C=O) groups is 5. The molecule has 2 aliphatic heterocycles. The lowest BCUT2D eigenvalue weighted by molar-refractivity contribution is -0.137. The van der Waals surface area contributed by atoms with Crippen LogP contribution in [0.2, 0.25) is 0 Å². The fraction of sp³-hybridized carbons (Fsp3) is 0.500. The molecule has 158 valence electrons. The Bertz CT molecular complexity index is 701. The van der Waals surface area contributed by atoms with E-state index >= 15 is 0 Å². The molecule has 3 N–H and O–H groups in total. The number of aliphatic hydroxyl groups excluding tert-OH is 1. The Balaban J connectivity index is 1.43. The molecule has 1 atom stereocenters. The summed E-state index contributed by atoms with van der Waals surface area (Å²) in [6.07, 6.45) is 4.05. The summed E-state index contributed by atoms with van der Waals surface area (Å²) in [6.45, 7) is 1.17. The number of hydrogen-bond donors (Lipinski definition) is 3. The van der Waals surface area contributed by atoms with Gasteiger partial charge in [0.25, 0.3) is 11.8 Å². The minimum absolute atomic E-state index is 0.0129. The summed E-state index contributed by atoms with van der Waals surface area (Å²) in [4.78, 5) is 59.7. The van der Waals surface area contributed by atoms with Crippen LogP contribution in [0.15, 0.2) is 24.3 Å². The van der Waals surface area contributed by atoms with Crippen LogP contribution in [0.4, 0.5) is 0 Å². The Morgan fingerprint density at radius 3 is 1.97 bits per heavy atom. The first-order chi connectivity index (χ1) is 13.9. The van der Waals surface area contributed by atoms with E-state index in [4.69, 9.17) is 4.74 Å². The number of amides is 5. The van der Waals surface area contributed by atoms with Crippen LogP contribution in [0, 0.1) is 0 Å². The van der Waals surface area contributed by atoms with E-state index in [0.717, 1.165) is 4.90 Å². The minimum Gasteiger partial charge on any atom is -0.378 e. The highest BCUT2D eigenvalue weighted by Gasteiger charge is 2.24. The lowest BCUT2D eigenvalue weighted by Gasteiger charge is -2.19. The van der Waals surface area contributed by atoms with E-state index in [1.165, 1.54) is 29.2 Å². The number of nitrogens with one attached hydrogen (secondary N) is 2. The standard InChI is InChI=1S/C18H24N4O7/c23-13(5-9-21-15(25)1-2-16(21)26)19-7-11-29-12-8-20-14(24)6-10-22-17(27)3-4-18(22)28/h1-4,15,25H,5-12H2,(H,19,23)(H,20,24). The van der Waals surface area contributed by atoms with Crippen molar-refractivity contribution in [1.82, 2.24) is 20.4 Å². The van der Waals surface area contributed by atoms with Crippen LogP contribution < -0.4 is 10.6 Å². The first-order valence-corrected chi connectivity index (χ1v) is 9.20. The first kappa shape index (κ1) is 22.2. The summed E-state index contributed by atoms with van der Waals surface area (Å²) in [7, 11) is 0. The average Bonchev–Trinajstić information content (AvgIpc) is 3.18. The molecule has 29 heavy (non-hydrogen) atoms. The minimum atomic E-state index is -0.984. The molecule has 0 aliphatic carbocycles. The topological polar surface area (TPSA) is 145 Å². The van der Waals surface area contributed by atoms with Crippen molar-refractivity contribution in [3.05, 3.63) is 24.3 Å². The normalized spacial score (nSPS) is 18.1. The third-order valence-corrected chi connectivity index (χ3v) is 4.19. The Labute approximate surface area is 167 Å². The van der Waals surface area contributed by atoms with Crippen LogP contribution in [-0.4, -0.2) is 90.1 Å². The Morgan fingerprint density at radius 2 is 1.45 bits per heavy atom. The molecule has 0 fully saturated rings. The molecular weight excluding hydrogens is 384 g/mol. The highest BCUT2D eigenvalue weighted by Crippen LogP contribution is 2.08. The lowest BCUT2D eigenvalue weighted by atomic mass is 10.3. The predicted molar refractivity (Wildman–Crippen MR) is 98.8 cm³/mol. The Hall–Kier alpha value is -3.05. The third-order valence-electron chi connectivity index (χ3n) is 4.19. The molecule has 2 aliphatic rings. The van der Waals surface area contributed by atoms with E-state index in [-0.39, 0.29) is 70.0 Å². The van der Waals surface area contributed by atoms with Crippen LogP contribution in [0.25, 0.3) is 0 Å². The van der Waals surface area contributed by atoms with Crippen molar-refractivity contribution in [3.8, 4) is 0 Å². The van der Waals surface area contributed by atoms with Gasteiger partial charge in [-0.3, -0.25) is 28.9 Å². The molecule has 0 aromatic carbocycles. The van der Waals surface area contributed by atoms with Gasteiger partial charge in [-0.25, -0.2) is 0 Å². The number of aliphatic hydroxyl groups is 1. The van der Waals surface area contributed by atoms with Crippen molar-refractivity contribution in [2.45, 2.75) is 19.1 Å². The molecule has 5 amide bonds. The quantitative estimate of drug-likeness (QED) is 0.242. The molecule has 0 saturated carbocycles. The van der Waals surface area contributed by atoms with Gasteiger partial charge in [0.1, 0.15) is 6.23 Å². The molecule has 0 saturated heterocycles. The SMILES string of the molecule is O=C(CCN1C(=O)C=CC1=O)NCCOCCNC(=O)CCN1C(=O)C=CC1O. The van der Waals surface area contributed by atoms with Gasteiger partial charge in [-0.05, 0) is 6.08 Å². The molecule has 0 spiro atoms. The highest BCUT2D eigenvalue weighted by atomic mass is 16.5. The maximum atomic E-state index is 11.7. The predicted octanol–water partition coefficient (Wildman–Crippen LogP) is -2.34. The largest absolute Gasteiger partial charge is 0.378 e. The van der Waals surface area contributed by atoms with E-state index in [1.807, 2.05) is 0 Å². The van der Waals surface area contributed by atoms with Crippen molar-refractivity contribution in [1.29, 1.82) is 0 Å². The zero-order valence-electron chi connectivity index (χ0n) is 15.8. The zero-order chi connectivity index (χ0) is 21.2. The fourth-order valence-electron chi connectivity index (χ4n) is 2.63. The number of hydrogen-bond acceptors (Lipinski definition) is 7. The molecular formula is C18H24N4O7. The van der Waals surface area contributed by atoms with Gasteiger partial charge in [0.05, 0.1) is 13.2 Å². The molecule has 0 aromatic rings. The summed E-state index contributed by atoms with van der Waals surface area (Å²) >= 11 is 0. The molecule has 11 nitrogen and oxygen atoms in total. The van der Waals surface area contributed by atoms with Crippen molar-refractivity contribution in [3.63, 3.8) is 0 Å². The van der Waals surface area contributed by atoms with Gasteiger partial charge >= 0.3 is 0 Å². The van der Waals surface area contributed by atoms with E-state index in [1.54, 1.807) is 0 Å². The maximum absolute atomic E-state index is 11.7. The summed E-state index contributed by atoms with van der Waals surface area (Å²) in [5.74, 6) is -1.75. The highest BCUT2D eigenvalue weighted by molar-refractivity contribution is 6.13.